The molecule has 0 aromatic carbocycles. The van der Waals surface area contributed by atoms with E-state index in [1.165, 1.54) is 0 Å². The highest BCUT2D eigenvalue weighted by molar-refractivity contribution is 6.04. The van der Waals surface area contributed by atoms with Gasteiger partial charge in [-0.2, -0.15) is 4.98 Å². The highest BCUT2D eigenvalue weighted by Crippen LogP contribution is 2.19. The second kappa shape index (κ2) is 5.85. The monoisotopic (exact) mass is 277 g/mol. The van der Waals surface area contributed by atoms with Crippen LogP contribution in [0, 0.1) is 6.92 Å². The van der Waals surface area contributed by atoms with Crippen molar-refractivity contribution in [2.45, 2.75) is 33.2 Å². The molecule has 0 spiro atoms. The Bertz CT molecular complexity index is 531. The molecule has 1 aliphatic heterocycles. The van der Waals surface area contributed by atoms with Crippen LogP contribution in [-0.2, 0) is 9.59 Å². The second-order valence-corrected chi connectivity index (χ2v) is 4.83. The summed E-state index contributed by atoms with van der Waals surface area (Å²) in [6, 6.07) is 1.35. The largest absolute Gasteiger partial charge is 0.354 e. The Hall–Kier alpha value is -2.18. The topological polar surface area (TPSA) is 87.2 Å². The fraction of sp³-hybridized carbons (Fsp3) is 0.538. The first-order valence-corrected chi connectivity index (χ1v) is 6.71. The molecule has 0 bridgehead atoms. The number of carbonyl (C=O) groups is 2. The minimum Gasteiger partial charge on any atom is -0.354 e. The van der Waals surface area contributed by atoms with Crippen LogP contribution in [0.2, 0.25) is 0 Å². The molecule has 1 unspecified atom stereocenters. The molecule has 1 aromatic rings. The Morgan fingerprint density at radius 1 is 1.45 bits per heavy atom. The minimum atomic E-state index is -0.430. The number of hydrogen-bond donors (Lipinski definition) is 2. The Morgan fingerprint density at radius 2 is 2.20 bits per heavy atom. The molecule has 7 nitrogen and oxygen atoms in total. The van der Waals surface area contributed by atoms with Crippen molar-refractivity contribution in [2.75, 3.05) is 23.3 Å². The number of piperazine rings is 1. The number of carbonyl (C=O) groups excluding carboxylic acids is 2. The van der Waals surface area contributed by atoms with Crippen molar-refractivity contribution in [3.8, 4) is 0 Å². The van der Waals surface area contributed by atoms with E-state index in [9.17, 15) is 9.59 Å². The van der Waals surface area contributed by atoms with E-state index in [0.717, 1.165) is 18.7 Å². The molecular weight excluding hydrogens is 258 g/mol. The van der Waals surface area contributed by atoms with Gasteiger partial charge in [0.2, 0.25) is 17.8 Å². The molecule has 0 aliphatic carbocycles. The lowest BCUT2D eigenvalue weighted by Crippen LogP contribution is -2.57. The van der Waals surface area contributed by atoms with Gasteiger partial charge < -0.3 is 10.2 Å². The third-order valence-electron chi connectivity index (χ3n) is 3.09. The molecule has 1 aliphatic rings. The second-order valence-electron chi connectivity index (χ2n) is 4.83. The van der Waals surface area contributed by atoms with Crippen molar-refractivity contribution >= 4 is 23.6 Å². The normalized spacial score (nSPS) is 18.9. The van der Waals surface area contributed by atoms with Gasteiger partial charge in [-0.1, -0.05) is 6.92 Å². The van der Waals surface area contributed by atoms with Crippen molar-refractivity contribution in [1.82, 2.24) is 15.3 Å². The van der Waals surface area contributed by atoms with Crippen LogP contribution >= 0.6 is 0 Å². The number of aryl methyl sites for hydroxylation is 1. The van der Waals surface area contributed by atoms with E-state index in [0.29, 0.717) is 11.8 Å². The summed E-state index contributed by atoms with van der Waals surface area (Å²) in [7, 11) is 0. The van der Waals surface area contributed by atoms with Crippen LogP contribution in [-0.4, -0.2) is 40.9 Å². The number of amides is 2. The van der Waals surface area contributed by atoms with Gasteiger partial charge in [-0.15, -0.1) is 0 Å². The Morgan fingerprint density at radius 3 is 2.90 bits per heavy atom. The molecule has 2 amide bonds. The lowest BCUT2D eigenvalue weighted by Gasteiger charge is -2.32. The first-order valence-electron chi connectivity index (χ1n) is 6.71. The fourth-order valence-corrected chi connectivity index (χ4v) is 2.01. The standard InChI is InChI=1S/C13H19N5O2/c1-4-5-14-13-15-8(2)6-10(16-13)18-7-11(19)17-12(20)9(18)3/h6,9H,4-5,7H2,1-3H3,(H,14,15,16)(H,17,19,20). The van der Waals surface area contributed by atoms with Crippen LogP contribution in [0.1, 0.15) is 26.0 Å². The summed E-state index contributed by atoms with van der Waals surface area (Å²) in [6.07, 6.45) is 0.966. The molecule has 1 atom stereocenters. The van der Waals surface area contributed by atoms with Gasteiger partial charge in [0.25, 0.3) is 0 Å². The molecule has 2 N–H and O–H groups in total. The molecule has 1 aromatic heterocycles. The third kappa shape index (κ3) is 3.04. The van der Waals surface area contributed by atoms with Crippen LogP contribution in [0.25, 0.3) is 0 Å². The summed E-state index contributed by atoms with van der Waals surface area (Å²) in [5.74, 6) is 0.493. The first-order chi connectivity index (χ1) is 9.51. The Kier molecular flexibility index (Phi) is 4.16. The predicted molar refractivity (Wildman–Crippen MR) is 75.5 cm³/mol. The Labute approximate surface area is 117 Å². The van der Waals surface area contributed by atoms with Gasteiger partial charge >= 0.3 is 0 Å². The van der Waals surface area contributed by atoms with E-state index in [1.807, 2.05) is 6.92 Å². The minimum absolute atomic E-state index is 0.122. The van der Waals surface area contributed by atoms with Crippen LogP contribution in [0.15, 0.2) is 6.07 Å². The molecular formula is C13H19N5O2. The van der Waals surface area contributed by atoms with E-state index in [1.54, 1.807) is 17.9 Å². The zero-order valence-electron chi connectivity index (χ0n) is 11.9. The average Bonchev–Trinajstić information content (AvgIpc) is 2.40. The lowest BCUT2D eigenvalue weighted by atomic mass is 10.2. The predicted octanol–water partition coefficient (Wildman–Crippen LogP) is 0.458. The molecule has 1 saturated heterocycles. The zero-order valence-corrected chi connectivity index (χ0v) is 11.9. The number of aromatic nitrogens is 2. The number of nitrogens with one attached hydrogen (secondary N) is 2. The third-order valence-corrected chi connectivity index (χ3v) is 3.09. The van der Waals surface area contributed by atoms with Gasteiger partial charge in [0.05, 0.1) is 6.54 Å². The van der Waals surface area contributed by atoms with Crippen LogP contribution in [0.3, 0.4) is 0 Å². The van der Waals surface area contributed by atoms with Gasteiger partial charge in [0.15, 0.2) is 0 Å². The van der Waals surface area contributed by atoms with Gasteiger partial charge in [0, 0.05) is 18.3 Å². The van der Waals surface area contributed by atoms with Crippen molar-refractivity contribution < 1.29 is 9.59 Å². The molecule has 20 heavy (non-hydrogen) atoms. The molecule has 1 fully saturated rings. The molecule has 2 rings (SSSR count). The van der Waals surface area contributed by atoms with Gasteiger partial charge in [-0.25, -0.2) is 4.98 Å². The Balaban J connectivity index is 2.28. The van der Waals surface area contributed by atoms with Crippen molar-refractivity contribution in [3.63, 3.8) is 0 Å². The molecule has 7 heteroatoms. The SMILES string of the molecule is CCCNc1nc(C)cc(N2CC(=O)NC(=O)C2C)n1. The lowest BCUT2D eigenvalue weighted by molar-refractivity contribution is -0.132. The number of hydrogen-bond acceptors (Lipinski definition) is 6. The smallest absolute Gasteiger partial charge is 0.249 e. The van der Waals surface area contributed by atoms with Gasteiger partial charge in [0.1, 0.15) is 11.9 Å². The number of nitrogens with zero attached hydrogens (tertiary/aromatic N) is 3. The molecule has 0 radical (unpaired) electrons. The van der Waals surface area contributed by atoms with Crippen molar-refractivity contribution in [2.24, 2.45) is 0 Å². The van der Waals surface area contributed by atoms with Gasteiger partial charge in [-0.05, 0) is 20.3 Å². The van der Waals surface area contributed by atoms with Crippen LogP contribution in [0.5, 0.6) is 0 Å². The van der Waals surface area contributed by atoms with E-state index in [4.69, 9.17) is 0 Å². The number of imide groups is 1. The highest BCUT2D eigenvalue weighted by atomic mass is 16.2. The summed E-state index contributed by atoms with van der Waals surface area (Å²) in [5, 5.41) is 5.43. The first kappa shape index (κ1) is 14.2. The maximum atomic E-state index is 11.7. The summed E-state index contributed by atoms with van der Waals surface area (Å²) in [6.45, 7) is 6.56. The number of anilines is 2. The molecule has 2 heterocycles. The van der Waals surface area contributed by atoms with Crippen molar-refractivity contribution in [3.05, 3.63) is 11.8 Å². The summed E-state index contributed by atoms with van der Waals surface area (Å²) in [4.78, 5) is 33.6. The summed E-state index contributed by atoms with van der Waals surface area (Å²) >= 11 is 0. The van der Waals surface area contributed by atoms with E-state index >= 15 is 0 Å². The van der Waals surface area contributed by atoms with Crippen LogP contribution < -0.4 is 15.5 Å². The summed E-state index contributed by atoms with van der Waals surface area (Å²) in [5.41, 5.74) is 0.791. The quantitative estimate of drug-likeness (QED) is 0.777. The fourth-order valence-electron chi connectivity index (χ4n) is 2.01. The zero-order chi connectivity index (χ0) is 14.7. The molecule has 108 valence electrons. The highest BCUT2D eigenvalue weighted by Gasteiger charge is 2.31. The number of rotatable bonds is 4. The van der Waals surface area contributed by atoms with Crippen molar-refractivity contribution in [1.29, 1.82) is 0 Å². The summed E-state index contributed by atoms with van der Waals surface area (Å²) < 4.78 is 0. The van der Waals surface area contributed by atoms with E-state index in [2.05, 4.69) is 27.5 Å². The average molecular weight is 277 g/mol. The van der Waals surface area contributed by atoms with E-state index in [-0.39, 0.29) is 18.4 Å². The van der Waals surface area contributed by atoms with Gasteiger partial charge in [-0.3, -0.25) is 14.9 Å². The van der Waals surface area contributed by atoms with Crippen LogP contribution in [0.4, 0.5) is 11.8 Å². The van der Waals surface area contributed by atoms with E-state index < -0.39 is 6.04 Å². The molecule has 0 saturated carbocycles. The maximum Gasteiger partial charge on any atom is 0.249 e. The maximum absolute atomic E-state index is 11.7.